The number of carbonyl (C=O) groups excluding carboxylic acids is 1. The number of hydrogen-bond acceptors (Lipinski definition) is 3. The second-order valence-electron chi connectivity index (χ2n) is 4.91. The van der Waals surface area contributed by atoms with Crippen LogP contribution in [0.3, 0.4) is 0 Å². The van der Waals surface area contributed by atoms with Gasteiger partial charge in [-0.1, -0.05) is 23.7 Å². The summed E-state index contributed by atoms with van der Waals surface area (Å²) in [5.74, 6) is 0.893. The van der Waals surface area contributed by atoms with E-state index in [9.17, 15) is 4.79 Å². The molecule has 4 nitrogen and oxygen atoms in total. The minimum absolute atomic E-state index is 0.260. The Labute approximate surface area is 135 Å². The highest BCUT2D eigenvalue weighted by atomic mass is 35.5. The van der Waals surface area contributed by atoms with E-state index in [1.165, 1.54) is 0 Å². The number of rotatable bonds is 5. The molecule has 22 heavy (non-hydrogen) atoms. The molecule has 0 saturated carbocycles. The van der Waals surface area contributed by atoms with Gasteiger partial charge in [0.1, 0.15) is 11.5 Å². The molecule has 116 valence electrons. The van der Waals surface area contributed by atoms with Gasteiger partial charge in [0, 0.05) is 5.02 Å². The molecule has 2 aromatic rings. The number of anilines is 1. The van der Waals surface area contributed by atoms with E-state index in [-0.39, 0.29) is 5.91 Å². The minimum atomic E-state index is -0.663. The lowest BCUT2D eigenvalue weighted by Gasteiger charge is -2.16. The van der Waals surface area contributed by atoms with Crippen molar-refractivity contribution in [1.29, 1.82) is 0 Å². The van der Waals surface area contributed by atoms with Crippen molar-refractivity contribution >= 4 is 23.2 Å². The van der Waals surface area contributed by atoms with Gasteiger partial charge in [-0.25, -0.2) is 0 Å². The lowest BCUT2D eigenvalue weighted by molar-refractivity contribution is -0.122. The largest absolute Gasteiger partial charge is 0.495 e. The quantitative estimate of drug-likeness (QED) is 0.904. The number of benzene rings is 2. The van der Waals surface area contributed by atoms with Gasteiger partial charge in [-0.2, -0.15) is 0 Å². The highest BCUT2D eigenvalue weighted by molar-refractivity contribution is 6.30. The van der Waals surface area contributed by atoms with Gasteiger partial charge in [0.2, 0.25) is 0 Å². The second kappa shape index (κ2) is 7.18. The normalized spacial score (nSPS) is 11.6. The fourth-order valence-electron chi connectivity index (χ4n) is 1.95. The van der Waals surface area contributed by atoms with Crippen LogP contribution in [-0.4, -0.2) is 19.1 Å². The third-order valence-corrected chi connectivity index (χ3v) is 3.33. The molecule has 2 aromatic carbocycles. The van der Waals surface area contributed by atoms with Gasteiger partial charge in [0.05, 0.1) is 12.8 Å². The molecule has 1 atom stereocenters. The molecule has 0 bridgehead atoms. The molecular weight excluding hydrogens is 302 g/mol. The Morgan fingerprint density at radius 3 is 2.68 bits per heavy atom. The third kappa shape index (κ3) is 4.15. The zero-order valence-corrected chi connectivity index (χ0v) is 13.5. The minimum Gasteiger partial charge on any atom is -0.495 e. The Bertz CT molecular complexity index is 673. The van der Waals surface area contributed by atoms with Crippen molar-refractivity contribution in [3.63, 3.8) is 0 Å². The van der Waals surface area contributed by atoms with Crippen molar-refractivity contribution in [3.05, 3.63) is 53.1 Å². The van der Waals surface area contributed by atoms with Crippen molar-refractivity contribution in [2.75, 3.05) is 12.4 Å². The number of aryl methyl sites for hydroxylation is 1. The highest BCUT2D eigenvalue weighted by Gasteiger charge is 2.17. The van der Waals surface area contributed by atoms with E-state index in [0.717, 1.165) is 5.56 Å². The van der Waals surface area contributed by atoms with Gasteiger partial charge < -0.3 is 14.8 Å². The number of nitrogens with one attached hydrogen (secondary N) is 1. The summed E-state index contributed by atoms with van der Waals surface area (Å²) in [6.45, 7) is 3.62. The number of amides is 1. The maximum absolute atomic E-state index is 12.3. The number of carbonyl (C=O) groups is 1. The van der Waals surface area contributed by atoms with Gasteiger partial charge in [0.25, 0.3) is 5.91 Å². The standard InChI is InChI=1S/C17H18ClNO3/c1-11-7-8-16(21-3)15(9-11)19-17(20)12(2)22-14-6-4-5-13(18)10-14/h4-10,12H,1-3H3,(H,19,20). The second-order valence-corrected chi connectivity index (χ2v) is 5.35. The zero-order valence-electron chi connectivity index (χ0n) is 12.7. The molecule has 2 rings (SSSR count). The molecule has 1 unspecified atom stereocenters. The summed E-state index contributed by atoms with van der Waals surface area (Å²) in [4.78, 5) is 12.3. The Kier molecular flexibility index (Phi) is 5.28. The molecule has 1 amide bonds. The summed E-state index contributed by atoms with van der Waals surface area (Å²) in [6, 6.07) is 12.5. The summed E-state index contributed by atoms with van der Waals surface area (Å²) in [7, 11) is 1.56. The summed E-state index contributed by atoms with van der Waals surface area (Å²) < 4.78 is 10.8. The topological polar surface area (TPSA) is 47.6 Å². The highest BCUT2D eigenvalue weighted by Crippen LogP contribution is 2.25. The van der Waals surface area contributed by atoms with E-state index < -0.39 is 6.10 Å². The van der Waals surface area contributed by atoms with Crippen LogP contribution >= 0.6 is 11.6 Å². The van der Waals surface area contributed by atoms with E-state index in [1.807, 2.05) is 25.1 Å². The van der Waals surface area contributed by atoms with Crippen molar-refractivity contribution < 1.29 is 14.3 Å². The van der Waals surface area contributed by atoms with E-state index in [1.54, 1.807) is 38.3 Å². The van der Waals surface area contributed by atoms with Crippen LogP contribution in [0.15, 0.2) is 42.5 Å². The first-order valence-corrected chi connectivity index (χ1v) is 7.25. The predicted molar refractivity (Wildman–Crippen MR) is 87.9 cm³/mol. The molecular formula is C17H18ClNO3. The van der Waals surface area contributed by atoms with Gasteiger partial charge in [-0.05, 0) is 49.7 Å². The fourth-order valence-corrected chi connectivity index (χ4v) is 2.13. The van der Waals surface area contributed by atoms with Crippen LogP contribution < -0.4 is 14.8 Å². The molecule has 0 heterocycles. The van der Waals surface area contributed by atoms with Crippen molar-refractivity contribution in [1.82, 2.24) is 0 Å². The molecule has 0 saturated heterocycles. The van der Waals surface area contributed by atoms with Crippen LogP contribution in [0.5, 0.6) is 11.5 Å². The summed E-state index contributed by atoms with van der Waals surface area (Å²) in [5.41, 5.74) is 1.65. The van der Waals surface area contributed by atoms with Crippen molar-refractivity contribution in [3.8, 4) is 11.5 Å². The number of methoxy groups -OCH3 is 1. The molecule has 1 N–H and O–H groups in total. The van der Waals surface area contributed by atoms with E-state index in [0.29, 0.717) is 22.2 Å². The molecule has 0 radical (unpaired) electrons. The summed E-state index contributed by atoms with van der Waals surface area (Å²) >= 11 is 5.90. The van der Waals surface area contributed by atoms with Crippen LogP contribution in [0, 0.1) is 6.92 Å². The average molecular weight is 320 g/mol. The van der Waals surface area contributed by atoms with E-state index in [4.69, 9.17) is 21.1 Å². The zero-order chi connectivity index (χ0) is 16.1. The first-order valence-electron chi connectivity index (χ1n) is 6.87. The number of hydrogen-bond donors (Lipinski definition) is 1. The van der Waals surface area contributed by atoms with Gasteiger partial charge in [0.15, 0.2) is 6.10 Å². The molecule has 5 heteroatoms. The Morgan fingerprint density at radius 2 is 2.00 bits per heavy atom. The molecule has 0 aliphatic carbocycles. The van der Waals surface area contributed by atoms with Gasteiger partial charge in [-0.3, -0.25) is 4.79 Å². The van der Waals surface area contributed by atoms with Crippen LogP contribution in [0.4, 0.5) is 5.69 Å². The summed E-state index contributed by atoms with van der Waals surface area (Å²) in [5, 5.41) is 3.38. The van der Waals surface area contributed by atoms with Crippen LogP contribution in [0.2, 0.25) is 5.02 Å². The first-order chi connectivity index (χ1) is 10.5. The van der Waals surface area contributed by atoms with Crippen LogP contribution in [0.1, 0.15) is 12.5 Å². The lowest BCUT2D eigenvalue weighted by Crippen LogP contribution is -2.30. The smallest absolute Gasteiger partial charge is 0.265 e. The van der Waals surface area contributed by atoms with Gasteiger partial charge in [-0.15, -0.1) is 0 Å². The van der Waals surface area contributed by atoms with Gasteiger partial charge >= 0.3 is 0 Å². The maximum Gasteiger partial charge on any atom is 0.265 e. The monoisotopic (exact) mass is 319 g/mol. The Morgan fingerprint density at radius 1 is 1.23 bits per heavy atom. The predicted octanol–water partition coefficient (Wildman–Crippen LogP) is 4.06. The summed E-state index contributed by atoms with van der Waals surface area (Å²) in [6.07, 6.45) is -0.663. The Hall–Kier alpha value is -2.20. The third-order valence-electron chi connectivity index (χ3n) is 3.09. The van der Waals surface area contributed by atoms with Crippen LogP contribution in [0.25, 0.3) is 0 Å². The average Bonchev–Trinajstić information content (AvgIpc) is 2.47. The van der Waals surface area contributed by atoms with E-state index in [2.05, 4.69) is 5.32 Å². The molecule has 0 aliphatic heterocycles. The maximum atomic E-state index is 12.3. The SMILES string of the molecule is COc1ccc(C)cc1NC(=O)C(C)Oc1cccc(Cl)c1. The van der Waals surface area contributed by atoms with Crippen LogP contribution in [-0.2, 0) is 4.79 Å². The molecule has 0 aliphatic rings. The van der Waals surface area contributed by atoms with Crippen molar-refractivity contribution in [2.24, 2.45) is 0 Å². The van der Waals surface area contributed by atoms with Crippen molar-refractivity contribution in [2.45, 2.75) is 20.0 Å². The Balaban J connectivity index is 2.07. The first kappa shape index (κ1) is 16.2. The lowest BCUT2D eigenvalue weighted by atomic mass is 10.2. The number of ether oxygens (including phenoxy) is 2. The molecule has 0 spiro atoms. The molecule has 0 fully saturated rings. The fraction of sp³-hybridized carbons (Fsp3) is 0.235. The van der Waals surface area contributed by atoms with E-state index >= 15 is 0 Å². The number of halogens is 1. The molecule has 0 aromatic heterocycles.